The van der Waals surface area contributed by atoms with Crippen molar-refractivity contribution in [2.24, 2.45) is 0 Å². The normalized spacial score (nSPS) is 19.9. The third-order valence-corrected chi connectivity index (χ3v) is 3.67. The predicted molar refractivity (Wildman–Crippen MR) is 70.7 cm³/mol. The van der Waals surface area contributed by atoms with Gasteiger partial charge in [0.2, 0.25) is 15.9 Å². The molecular formula is C11H20N2O6S. The number of carboxylic acids is 1. The van der Waals surface area contributed by atoms with Crippen LogP contribution in [0.25, 0.3) is 0 Å². The van der Waals surface area contributed by atoms with Crippen molar-refractivity contribution in [3.05, 3.63) is 0 Å². The minimum Gasteiger partial charge on any atom is -0.480 e. The molecule has 8 nitrogen and oxygen atoms in total. The second kappa shape index (κ2) is 7.55. The molecule has 1 aliphatic rings. The Hall–Kier alpha value is -1.19. The molecule has 0 aromatic carbocycles. The fourth-order valence-electron chi connectivity index (χ4n) is 2.10. The summed E-state index contributed by atoms with van der Waals surface area (Å²) in [6.07, 6.45) is 3.56. The van der Waals surface area contributed by atoms with E-state index >= 15 is 0 Å². The number of carbonyl (C=O) groups is 2. The smallest absolute Gasteiger partial charge is 0.329 e. The van der Waals surface area contributed by atoms with E-state index < -0.39 is 22.6 Å². The van der Waals surface area contributed by atoms with Crippen molar-refractivity contribution in [1.29, 1.82) is 0 Å². The number of sulfonamides is 1. The second-order valence-electron chi connectivity index (χ2n) is 4.74. The molecule has 0 aromatic rings. The molecular weight excluding hydrogens is 288 g/mol. The summed E-state index contributed by atoms with van der Waals surface area (Å²) in [4.78, 5) is 23.8. The summed E-state index contributed by atoms with van der Waals surface area (Å²) in [5.74, 6) is -1.45. The average Bonchev–Trinajstić information content (AvgIpc) is 2.35. The van der Waals surface area contributed by atoms with Gasteiger partial charge in [-0.1, -0.05) is 0 Å². The van der Waals surface area contributed by atoms with E-state index in [0.717, 1.165) is 19.1 Å². The number of amides is 1. The van der Waals surface area contributed by atoms with Crippen LogP contribution in [0.2, 0.25) is 0 Å². The van der Waals surface area contributed by atoms with Crippen LogP contribution in [0.4, 0.5) is 0 Å². The molecule has 1 rings (SSSR count). The first-order valence-electron chi connectivity index (χ1n) is 6.33. The Labute approximate surface area is 118 Å². The van der Waals surface area contributed by atoms with Gasteiger partial charge < -0.3 is 14.7 Å². The molecule has 0 bridgehead atoms. The van der Waals surface area contributed by atoms with Gasteiger partial charge in [-0.15, -0.1) is 0 Å². The topological polar surface area (TPSA) is 113 Å². The molecule has 2 N–H and O–H groups in total. The second-order valence-corrected chi connectivity index (χ2v) is 6.58. The van der Waals surface area contributed by atoms with E-state index in [1.54, 1.807) is 4.90 Å². The highest BCUT2D eigenvalue weighted by Crippen LogP contribution is 2.16. The molecule has 1 heterocycles. The molecule has 0 radical (unpaired) electrons. The highest BCUT2D eigenvalue weighted by Gasteiger charge is 2.27. The summed E-state index contributed by atoms with van der Waals surface area (Å²) in [5, 5.41) is 8.44. The molecule has 1 fully saturated rings. The quantitative estimate of drug-likeness (QED) is 0.625. The lowest BCUT2D eigenvalue weighted by atomic mass is 10.0. The number of carboxylic acid groups (broad SMARTS) is 1. The molecule has 116 valence electrons. The van der Waals surface area contributed by atoms with Crippen LogP contribution in [-0.4, -0.2) is 68.9 Å². The maximum Gasteiger partial charge on any atom is 0.329 e. The van der Waals surface area contributed by atoms with Gasteiger partial charge in [0.25, 0.3) is 0 Å². The largest absolute Gasteiger partial charge is 0.480 e. The van der Waals surface area contributed by atoms with Crippen LogP contribution in [0.15, 0.2) is 0 Å². The maximum absolute atomic E-state index is 11.9. The summed E-state index contributed by atoms with van der Waals surface area (Å²) in [5.41, 5.74) is 0. The number of piperidine rings is 1. The van der Waals surface area contributed by atoms with Crippen molar-refractivity contribution < 1.29 is 27.9 Å². The number of aliphatic carboxylic acids is 1. The highest BCUT2D eigenvalue weighted by molar-refractivity contribution is 7.88. The molecule has 20 heavy (non-hydrogen) atoms. The number of nitrogens with zero attached hydrogens (tertiary/aromatic N) is 1. The molecule has 1 aliphatic heterocycles. The summed E-state index contributed by atoms with van der Waals surface area (Å²) in [7, 11) is -3.30. The van der Waals surface area contributed by atoms with Gasteiger partial charge in [0, 0.05) is 19.1 Å². The van der Waals surface area contributed by atoms with E-state index in [1.165, 1.54) is 0 Å². The SMILES string of the molecule is CS(=O)(=O)NCC1CCCCN1C(=O)COCC(=O)O. The van der Waals surface area contributed by atoms with Crippen LogP contribution in [0.1, 0.15) is 19.3 Å². The minimum atomic E-state index is -3.30. The van der Waals surface area contributed by atoms with Gasteiger partial charge in [-0.05, 0) is 19.3 Å². The molecule has 0 saturated carbocycles. The molecule has 0 spiro atoms. The zero-order chi connectivity index (χ0) is 15.2. The van der Waals surface area contributed by atoms with Gasteiger partial charge in [-0.3, -0.25) is 4.79 Å². The van der Waals surface area contributed by atoms with Gasteiger partial charge in [-0.2, -0.15) is 0 Å². The first kappa shape index (κ1) is 16.9. The van der Waals surface area contributed by atoms with Crippen LogP contribution >= 0.6 is 0 Å². The van der Waals surface area contributed by atoms with Crippen molar-refractivity contribution in [3.8, 4) is 0 Å². The summed E-state index contributed by atoms with van der Waals surface area (Å²) in [6.45, 7) is -0.123. The van der Waals surface area contributed by atoms with Crippen molar-refractivity contribution >= 4 is 21.9 Å². The lowest BCUT2D eigenvalue weighted by Crippen LogP contribution is -2.50. The summed E-state index contributed by atoms with van der Waals surface area (Å²) in [6, 6.07) is -0.209. The third-order valence-electron chi connectivity index (χ3n) is 2.98. The number of nitrogens with one attached hydrogen (secondary N) is 1. The molecule has 1 unspecified atom stereocenters. The van der Waals surface area contributed by atoms with E-state index in [9.17, 15) is 18.0 Å². The van der Waals surface area contributed by atoms with Crippen molar-refractivity contribution in [2.75, 3.05) is 32.6 Å². The monoisotopic (exact) mass is 308 g/mol. The van der Waals surface area contributed by atoms with Crippen molar-refractivity contribution in [3.63, 3.8) is 0 Å². The number of likely N-dealkylation sites (tertiary alicyclic amines) is 1. The van der Waals surface area contributed by atoms with Gasteiger partial charge in [0.1, 0.15) is 13.2 Å². The Balaban J connectivity index is 2.50. The maximum atomic E-state index is 11.9. The Morgan fingerprint density at radius 3 is 2.65 bits per heavy atom. The molecule has 0 aliphatic carbocycles. The highest BCUT2D eigenvalue weighted by atomic mass is 32.2. The van der Waals surface area contributed by atoms with Gasteiger partial charge in [-0.25, -0.2) is 17.9 Å². The zero-order valence-corrected chi connectivity index (χ0v) is 12.2. The lowest BCUT2D eigenvalue weighted by molar-refractivity contribution is -0.147. The third kappa shape index (κ3) is 6.31. The minimum absolute atomic E-state index is 0.170. The van der Waals surface area contributed by atoms with Crippen LogP contribution in [0.3, 0.4) is 0 Å². The van der Waals surface area contributed by atoms with E-state index in [1.807, 2.05) is 0 Å². The number of carbonyl (C=O) groups excluding carboxylic acids is 1. The van der Waals surface area contributed by atoms with Crippen molar-refractivity contribution in [1.82, 2.24) is 9.62 Å². The first-order valence-corrected chi connectivity index (χ1v) is 8.22. The summed E-state index contributed by atoms with van der Waals surface area (Å²) < 4.78 is 29.4. The number of hydrogen-bond acceptors (Lipinski definition) is 5. The van der Waals surface area contributed by atoms with E-state index in [0.29, 0.717) is 13.0 Å². The number of hydrogen-bond donors (Lipinski definition) is 2. The van der Waals surface area contributed by atoms with Gasteiger partial charge in [0.15, 0.2) is 0 Å². The Morgan fingerprint density at radius 1 is 1.35 bits per heavy atom. The Morgan fingerprint density at radius 2 is 2.05 bits per heavy atom. The fraction of sp³-hybridized carbons (Fsp3) is 0.818. The molecule has 1 saturated heterocycles. The van der Waals surface area contributed by atoms with Crippen molar-refractivity contribution in [2.45, 2.75) is 25.3 Å². The zero-order valence-electron chi connectivity index (χ0n) is 11.4. The predicted octanol–water partition coefficient (Wildman–Crippen LogP) is -0.982. The van der Waals surface area contributed by atoms with E-state index in [4.69, 9.17) is 9.84 Å². The number of rotatable bonds is 7. The van der Waals surface area contributed by atoms with E-state index in [-0.39, 0.29) is 25.1 Å². The molecule has 0 aromatic heterocycles. The molecule has 1 atom stereocenters. The van der Waals surface area contributed by atoms with Gasteiger partial charge >= 0.3 is 5.97 Å². The fourth-order valence-corrected chi connectivity index (χ4v) is 2.59. The first-order chi connectivity index (χ1) is 9.29. The molecule has 9 heteroatoms. The number of ether oxygens (including phenoxy) is 1. The lowest BCUT2D eigenvalue weighted by Gasteiger charge is -2.35. The Kier molecular flexibility index (Phi) is 6.37. The van der Waals surface area contributed by atoms with Crippen LogP contribution < -0.4 is 4.72 Å². The van der Waals surface area contributed by atoms with E-state index in [2.05, 4.69) is 4.72 Å². The van der Waals surface area contributed by atoms with Gasteiger partial charge in [0.05, 0.1) is 6.26 Å². The summed E-state index contributed by atoms with van der Waals surface area (Å²) >= 11 is 0. The standard InChI is InChI=1S/C11H20N2O6S/c1-20(17,18)12-6-9-4-2-3-5-13(9)10(14)7-19-8-11(15)16/h9,12H,2-8H2,1H3,(H,15,16). The Bertz CT molecular complexity index is 450. The van der Waals surface area contributed by atoms with Crippen LogP contribution in [-0.2, 0) is 24.3 Å². The molecule has 1 amide bonds. The van der Waals surface area contributed by atoms with Crippen LogP contribution in [0.5, 0.6) is 0 Å². The average molecular weight is 308 g/mol. The van der Waals surface area contributed by atoms with Crippen LogP contribution in [0, 0.1) is 0 Å².